The van der Waals surface area contributed by atoms with Crippen LogP contribution in [0.5, 0.6) is 11.5 Å². The quantitative estimate of drug-likeness (QED) is 0.219. The molecular weight excluding hydrogens is 516 g/mol. The average molecular weight is 551 g/mol. The van der Waals surface area contributed by atoms with E-state index in [9.17, 15) is 0 Å². The van der Waals surface area contributed by atoms with E-state index in [0.717, 1.165) is 21.9 Å². The molecule has 0 radical (unpaired) electrons. The molecule has 0 amide bonds. The van der Waals surface area contributed by atoms with Crippen LogP contribution in [0.1, 0.15) is 13.7 Å². The fourth-order valence-corrected chi connectivity index (χ4v) is 5.12. The first-order valence-electron chi connectivity index (χ1n) is 18.1. The van der Waals surface area contributed by atoms with Gasteiger partial charge in [0.05, 0.1) is 25.1 Å². The molecule has 0 aliphatic carbocycles. The van der Waals surface area contributed by atoms with Gasteiger partial charge in [-0.1, -0.05) is 121 Å². The Labute approximate surface area is 257 Å². The first kappa shape index (κ1) is 15.8. The van der Waals surface area contributed by atoms with Crippen molar-refractivity contribution in [3.05, 3.63) is 145 Å². The fraction of sp³-hybridized carbons (Fsp3) is 0. The SMILES string of the molecule is [2H]c1c([2H])c([2H])c(-c2nc(-c3c([2H])c([2H])c([2H])c([2H])c3[2H])nc(N3c4ccccc4Oc4cccc5cccc(c45)-c4ccccc43)n2)c([2H])c1[2H]. The van der Waals surface area contributed by atoms with Crippen molar-refractivity contribution >= 4 is 28.1 Å². The molecule has 0 fully saturated rings. The van der Waals surface area contributed by atoms with Gasteiger partial charge in [0, 0.05) is 22.1 Å². The number of fused-ring (bicyclic) bond motifs is 3. The first-order valence-corrected chi connectivity index (χ1v) is 13.1. The Morgan fingerprint density at radius 2 is 1.10 bits per heavy atom. The van der Waals surface area contributed by atoms with Gasteiger partial charge in [-0.2, -0.15) is 9.97 Å². The van der Waals surface area contributed by atoms with Crippen molar-refractivity contribution in [2.45, 2.75) is 0 Å². The van der Waals surface area contributed by atoms with Crippen LogP contribution in [0, 0.1) is 0 Å². The molecule has 0 unspecified atom stereocenters. The highest BCUT2D eigenvalue weighted by Crippen LogP contribution is 2.49. The number of hydrogen-bond acceptors (Lipinski definition) is 5. The van der Waals surface area contributed by atoms with Crippen LogP contribution in [0.15, 0.2) is 145 Å². The monoisotopic (exact) mass is 550 g/mol. The third-order valence-electron chi connectivity index (χ3n) is 6.90. The number of rotatable bonds is 3. The lowest BCUT2D eigenvalue weighted by Gasteiger charge is -2.27. The summed E-state index contributed by atoms with van der Waals surface area (Å²) in [6.07, 6.45) is 0. The lowest BCUT2D eigenvalue weighted by atomic mass is 9.96. The lowest BCUT2D eigenvalue weighted by Crippen LogP contribution is -2.16. The van der Waals surface area contributed by atoms with Crippen molar-refractivity contribution in [1.82, 2.24) is 15.0 Å². The number of benzene rings is 6. The molecule has 7 aromatic rings. The van der Waals surface area contributed by atoms with Gasteiger partial charge in [-0.25, -0.2) is 4.98 Å². The molecule has 5 heteroatoms. The molecule has 1 aliphatic heterocycles. The highest BCUT2D eigenvalue weighted by Gasteiger charge is 2.27. The summed E-state index contributed by atoms with van der Waals surface area (Å²) in [5.41, 5.74) is 1.87. The van der Waals surface area contributed by atoms with Gasteiger partial charge in [0.1, 0.15) is 5.75 Å². The van der Waals surface area contributed by atoms with Crippen molar-refractivity contribution in [3.63, 3.8) is 0 Å². The van der Waals surface area contributed by atoms with Crippen LogP contribution in [-0.4, -0.2) is 15.0 Å². The van der Waals surface area contributed by atoms with Crippen molar-refractivity contribution in [3.8, 4) is 45.4 Å². The van der Waals surface area contributed by atoms with E-state index in [2.05, 4.69) is 4.98 Å². The zero-order valence-electron chi connectivity index (χ0n) is 31.8. The van der Waals surface area contributed by atoms with Crippen LogP contribution in [0.3, 0.4) is 0 Å². The summed E-state index contributed by atoms with van der Waals surface area (Å²) in [7, 11) is 0. The second-order valence-electron chi connectivity index (χ2n) is 9.36. The second kappa shape index (κ2) is 9.98. The third-order valence-corrected chi connectivity index (χ3v) is 6.90. The van der Waals surface area contributed by atoms with E-state index < -0.39 is 60.4 Å². The summed E-state index contributed by atoms with van der Waals surface area (Å²) >= 11 is 0. The van der Waals surface area contributed by atoms with Gasteiger partial charge in [0.15, 0.2) is 17.4 Å². The Balaban J connectivity index is 1.52. The summed E-state index contributed by atoms with van der Waals surface area (Å²) in [6.45, 7) is 0. The number of anilines is 3. The summed E-state index contributed by atoms with van der Waals surface area (Å²) < 4.78 is 91.3. The van der Waals surface area contributed by atoms with E-state index >= 15 is 0 Å². The molecule has 1 aliphatic rings. The number of ether oxygens (including phenoxy) is 1. The van der Waals surface area contributed by atoms with E-state index in [1.807, 2.05) is 60.7 Å². The standard InChI is InChI=1S/C37H24N4O/c1-3-13-26(14-4-1)35-38-36(27-15-5-2-6-16-27)40-37(39-35)41-30-21-8-7-19-28(30)29-20-11-17-25-18-12-24-33(34(25)29)42-32-23-10-9-22-31(32)41/h1-24H/i1D,2D,3D,4D,5D,6D,13D,14D,15D,16D. The first-order chi connectivity index (χ1) is 25.0. The van der Waals surface area contributed by atoms with Crippen molar-refractivity contribution in [2.24, 2.45) is 0 Å². The second-order valence-corrected chi connectivity index (χ2v) is 9.36. The third kappa shape index (κ3) is 4.07. The Hall–Kier alpha value is -5.81. The maximum Gasteiger partial charge on any atom is 0.238 e. The molecule has 1 aromatic heterocycles. The number of nitrogens with zero attached hydrogens (tertiary/aromatic N) is 4. The largest absolute Gasteiger partial charge is 0.454 e. The van der Waals surface area contributed by atoms with Gasteiger partial charge in [-0.3, -0.25) is 4.90 Å². The Bertz CT molecular complexity index is 2500. The summed E-state index contributed by atoms with van der Waals surface area (Å²) in [6, 6.07) is 20.2. The van der Waals surface area contributed by atoms with Gasteiger partial charge >= 0.3 is 0 Å². The predicted molar refractivity (Wildman–Crippen MR) is 168 cm³/mol. The highest BCUT2D eigenvalue weighted by atomic mass is 16.5. The summed E-state index contributed by atoms with van der Waals surface area (Å²) in [5.74, 6) is 0.110. The number of aromatic nitrogens is 3. The molecule has 0 N–H and O–H groups in total. The lowest BCUT2D eigenvalue weighted by molar-refractivity contribution is 0.489. The summed E-state index contributed by atoms with van der Waals surface area (Å²) in [4.78, 5) is 15.6. The molecule has 0 spiro atoms. The maximum absolute atomic E-state index is 8.74. The van der Waals surface area contributed by atoms with Crippen molar-refractivity contribution in [2.75, 3.05) is 4.90 Å². The van der Waals surface area contributed by atoms with E-state index in [1.54, 1.807) is 29.2 Å². The molecule has 0 saturated carbocycles. The molecule has 198 valence electrons. The smallest absolute Gasteiger partial charge is 0.238 e. The molecule has 42 heavy (non-hydrogen) atoms. The maximum atomic E-state index is 8.74. The molecule has 8 rings (SSSR count). The Kier molecular flexibility index (Phi) is 3.77. The number of hydrogen-bond donors (Lipinski definition) is 0. The topological polar surface area (TPSA) is 51.1 Å². The van der Waals surface area contributed by atoms with Crippen LogP contribution in [0.25, 0.3) is 44.7 Å². The van der Waals surface area contributed by atoms with Gasteiger partial charge in [0.2, 0.25) is 5.95 Å². The average Bonchev–Trinajstić information content (AvgIpc) is 3.20. The predicted octanol–water partition coefficient (Wildman–Crippen LogP) is 9.60. The molecular formula is C37H24N4O. The van der Waals surface area contributed by atoms with Crippen LogP contribution < -0.4 is 9.64 Å². The normalized spacial score (nSPS) is 15.3. The van der Waals surface area contributed by atoms with Gasteiger partial charge in [-0.05, 0) is 35.2 Å². The van der Waals surface area contributed by atoms with Gasteiger partial charge in [0.25, 0.3) is 0 Å². The van der Waals surface area contributed by atoms with Gasteiger partial charge < -0.3 is 4.74 Å². The fourth-order valence-electron chi connectivity index (χ4n) is 5.12. The van der Waals surface area contributed by atoms with Crippen LogP contribution in [-0.2, 0) is 0 Å². The Morgan fingerprint density at radius 3 is 1.81 bits per heavy atom. The Morgan fingerprint density at radius 1 is 0.524 bits per heavy atom. The van der Waals surface area contributed by atoms with Crippen molar-refractivity contribution in [1.29, 1.82) is 0 Å². The van der Waals surface area contributed by atoms with E-state index in [-0.39, 0.29) is 28.7 Å². The summed E-state index contributed by atoms with van der Waals surface area (Å²) in [5, 5.41) is 1.78. The van der Waals surface area contributed by atoms with Crippen LogP contribution >= 0.6 is 0 Å². The molecule has 5 nitrogen and oxygen atoms in total. The minimum Gasteiger partial charge on any atom is -0.454 e. The zero-order valence-corrected chi connectivity index (χ0v) is 21.8. The molecule has 2 heterocycles. The zero-order chi connectivity index (χ0) is 36.6. The number of para-hydroxylation sites is 3. The minimum absolute atomic E-state index is 0.139. The van der Waals surface area contributed by atoms with Crippen molar-refractivity contribution < 1.29 is 18.4 Å². The van der Waals surface area contributed by atoms with E-state index in [4.69, 9.17) is 28.4 Å². The van der Waals surface area contributed by atoms with E-state index in [1.165, 1.54) is 0 Å². The van der Waals surface area contributed by atoms with Crippen LogP contribution in [0.2, 0.25) is 0 Å². The molecule has 0 bridgehead atoms. The van der Waals surface area contributed by atoms with Crippen LogP contribution in [0.4, 0.5) is 17.3 Å². The molecule has 6 aromatic carbocycles. The van der Waals surface area contributed by atoms with E-state index in [0.29, 0.717) is 22.9 Å². The molecule has 0 atom stereocenters. The minimum atomic E-state index is -0.625. The molecule has 0 saturated heterocycles. The van der Waals surface area contributed by atoms with Gasteiger partial charge in [-0.15, -0.1) is 0 Å². The highest BCUT2D eigenvalue weighted by molar-refractivity contribution is 6.05.